The molecule has 0 heterocycles. The van der Waals surface area contributed by atoms with Crippen LogP contribution in [0.1, 0.15) is 41.0 Å². The summed E-state index contributed by atoms with van der Waals surface area (Å²) in [5.74, 6) is 1.57. The Kier molecular flexibility index (Phi) is 4.42. The van der Waals surface area contributed by atoms with Crippen molar-refractivity contribution in [3.05, 3.63) is 11.6 Å². The summed E-state index contributed by atoms with van der Waals surface area (Å²) >= 11 is 0. The van der Waals surface area contributed by atoms with Gasteiger partial charge in [0.25, 0.3) is 0 Å². The summed E-state index contributed by atoms with van der Waals surface area (Å²) in [7, 11) is 0. The van der Waals surface area contributed by atoms with Crippen LogP contribution >= 0.6 is 0 Å². The topological polar surface area (TPSA) is 0 Å². The molecule has 0 amide bonds. The molecule has 0 aliphatic carbocycles. The van der Waals surface area contributed by atoms with Gasteiger partial charge in [-0.2, -0.15) is 0 Å². The predicted octanol–water partition coefficient (Wildman–Crippen LogP) is 3.63. The zero-order chi connectivity index (χ0) is 8.15. The Morgan fingerprint density at radius 3 is 1.90 bits per heavy atom. The van der Waals surface area contributed by atoms with Gasteiger partial charge < -0.3 is 0 Å². The van der Waals surface area contributed by atoms with Crippen molar-refractivity contribution in [2.75, 3.05) is 0 Å². The molecule has 0 fully saturated rings. The molecule has 0 rings (SSSR count). The van der Waals surface area contributed by atoms with Gasteiger partial charge in [0.05, 0.1) is 0 Å². The summed E-state index contributed by atoms with van der Waals surface area (Å²) in [6, 6.07) is 0. The smallest absolute Gasteiger partial charge is 0.0211 e. The number of hydrogen-bond acceptors (Lipinski definition) is 0. The molecule has 0 heteroatoms. The molecular formula is C10H20. The fourth-order valence-electron chi connectivity index (χ4n) is 1.21. The second kappa shape index (κ2) is 4.54. The molecule has 0 radical (unpaired) electrons. The average Bonchev–Trinajstić information content (AvgIpc) is 1.81. The Bertz CT molecular complexity index is 105. The van der Waals surface area contributed by atoms with Gasteiger partial charge in [0.2, 0.25) is 0 Å². The summed E-state index contributed by atoms with van der Waals surface area (Å²) in [5, 5.41) is 0. The zero-order valence-corrected chi connectivity index (χ0v) is 7.94. The number of hydrogen-bond donors (Lipinski definition) is 0. The molecule has 0 saturated carbocycles. The Hall–Kier alpha value is -0.260. The Morgan fingerprint density at radius 2 is 1.80 bits per heavy atom. The molecule has 0 nitrogen and oxygen atoms in total. The molecule has 0 aromatic rings. The van der Waals surface area contributed by atoms with Gasteiger partial charge in [0.1, 0.15) is 0 Å². The summed E-state index contributed by atoms with van der Waals surface area (Å²) in [6.07, 6.45) is 3.65. The summed E-state index contributed by atoms with van der Waals surface area (Å²) < 4.78 is 0. The first-order valence-corrected chi connectivity index (χ1v) is 4.23. The lowest BCUT2D eigenvalue weighted by molar-refractivity contribution is 0.451. The molecule has 0 saturated heterocycles. The second-order valence-corrected chi connectivity index (χ2v) is 3.56. The maximum absolute atomic E-state index is 2.38. The lowest BCUT2D eigenvalue weighted by Gasteiger charge is -2.14. The Labute approximate surface area is 65.3 Å². The van der Waals surface area contributed by atoms with Crippen LogP contribution in [0.4, 0.5) is 0 Å². The van der Waals surface area contributed by atoms with Crippen molar-refractivity contribution < 1.29 is 0 Å². The van der Waals surface area contributed by atoms with Crippen LogP contribution in [0.2, 0.25) is 0 Å². The molecular weight excluding hydrogens is 120 g/mol. The van der Waals surface area contributed by atoms with E-state index in [2.05, 4.69) is 40.7 Å². The molecule has 0 bridgehead atoms. The first-order chi connectivity index (χ1) is 4.57. The minimum absolute atomic E-state index is 0.782. The lowest BCUT2D eigenvalue weighted by atomic mass is 9.92. The van der Waals surface area contributed by atoms with Crippen molar-refractivity contribution in [3.63, 3.8) is 0 Å². The van der Waals surface area contributed by atoms with Gasteiger partial charge in [-0.3, -0.25) is 0 Å². The van der Waals surface area contributed by atoms with Crippen molar-refractivity contribution in [1.82, 2.24) is 0 Å². The molecule has 1 atom stereocenters. The van der Waals surface area contributed by atoms with Gasteiger partial charge in [-0.15, -0.1) is 0 Å². The van der Waals surface area contributed by atoms with Crippen LogP contribution in [0.25, 0.3) is 0 Å². The van der Waals surface area contributed by atoms with Crippen LogP contribution in [0, 0.1) is 11.8 Å². The molecule has 0 aromatic heterocycles. The first-order valence-electron chi connectivity index (χ1n) is 4.23. The van der Waals surface area contributed by atoms with E-state index in [1.165, 1.54) is 12.0 Å². The van der Waals surface area contributed by atoms with E-state index in [9.17, 15) is 0 Å². The highest BCUT2D eigenvalue weighted by molar-refractivity contribution is 4.97. The Morgan fingerprint density at radius 1 is 1.30 bits per heavy atom. The average molecular weight is 140 g/mol. The van der Waals surface area contributed by atoms with E-state index in [-0.39, 0.29) is 0 Å². The largest absolute Gasteiger partial charge is 0.0825 e. The number of allylic oxidation sites excluding steroid dienone is 2. The van der Waals surface area contributed by atoms with Gasteiger partial charge in [-0.25, -0.2) is 0 Å². The van der Waals surface area contributed by atoms with Crippen LogP contribution < -0.4 is 0 Å². The SMILES string of the molecule is CC[C@@H](C=C(C)C)C(C)C. The van der Waals surface area contributed by atoms with Gasteiger partial charge in [-0.1, -0.05) is 32.4 Å². The van der Waals surface area contributed by atoms with E-state index in [4.69, 9.17) is 0 Å². The predicted molar refractivity (Wildman–Crippen MR) is 48.1 cm³/mol. The Balaban J connectivity index is 3.96. The minimum Gasteiger partial charge on any atom is -0.0825 e. The third kappa shape index (κ3) is 3.71. The molecule has 0 aliphatic heterocycles. The zero-order valence-electron chi connectivity index (χ0n) is 7.94. The van der Waals surface area contributed by atoms with Crippen molar-refractivity contribution in [2.24, 2.45) is 11.8 Å². The second-order valence-electron chi connectivity index (χ2n) is 3.56. The summed E-state index contributed by atoms with van der Waals surface area (Å²) in [6.45, 7) is 11.2. The quantitative estimate of drug-likeness (QED) is 0.525. The molecule has 0 N–H and O–H groups in total. The monoisotopic (exact) mass is 140 g/mol. The minimum atomic E-state index is 0.782. The van der Waals surface area contributed by atoms with E-state index in [0.717, 1.165) is 11.8 Å². The fraction of sp³-hybridized carbons (Fsp3) is 0.800. The first kappa shape index (κ1) is 9.74. The van der Waals surface area contributed by atoms with E-state index in [0.29, 0.717) is 0 Å². The molecule has 0 aliphatic rings. The van der Waals surface area contributed by atoms with Crippen LogP contribution in [0.15, 0.2) is 11.6 Å². The standard InChI is InChI=1S/C10H20/c1-6-10(9(4)5)7-8(2)3/h7,9-10H,6H2,1-5H3/t10-/m0/s1. The summed E-state index contributed by atoms with van der Waals surface area (Å²) in [4.78, 5) is 0. The van der Waals surface area contributed by atoms with Crippen molar-refractivity contribution in [2.45, 2.75) is 41.0 Å². The lowest BCUT2D eigenvalue weighted by Crippen LogP contribution is -2.03. The summed E-state index contributed by atoms with van der Waals surface area (Å²) in [5.41, 5.74) is 1.44. The molecule has 10 heavy (non-hydrogen) atoms. The van der Waals surface area contributed by atoms with Crippen LogP contribution in [0.5, 0.6) is 0 Å². The normalized spacial score (nSPS) is 13.4. The molecule has 0 spiro atoms. The highest BCUT2D eigenvalue weighted by Gasteiger charge is 2.06. The van der Waals surface area contributed by atoms with Crippen LogP contribution in [-0.2, 0) is 0 Å². The maximum Gasteiger partial charge on any atom is -0.0211 e. The van der Waals surface area contributed by atoms with E-state index in [1.807, 2.05) is 0 Å². The van der Waals surface area contributed by atoms with Gasteiger partial charge in [0, 0.05) is 0 Å². The van der Waals surface area contributed by atoms with Gasteiger partial charge in [-0.05, 0) is 32.1 Å². The third-order valence-electron chi connectivity index (χ3n) is 1.88. The molecule has 0 unspecified atom stereocenters. The van der Waals surface area contributed by atoms with E-state index in [1.54, 1.807) is 0 Å². The van der Waals surface area contributed by atoms with Crippen molar-refractivity contribution in [1.29, 1.82) is 0 Å². The molecule has 0 aromatic carbocycles. The van der Waals surface area contributed by atoms with Gasteiger partial charge in [0.15, 0.2) is 0 Å². The molecule has 60 valence electrons. The van der Waals surface area contributed by atoms with E-state index >= 15 is 0 Å². The maximum atomic E-state index is 2.38. The number of rotatable bonds is 3. The fourth-order valence-corrected chi connectivity index (χ4v) is 1.21. The van der Waals surface area contributed by atoms with Crippen molar-refractivity contribution >= 4 is 0 Å². The van der Waals surface area contributed by atoms with Crippen LogP contribution in [0.3, 0.4) is 0 Å². The van der Waals surface area contributed by atoms with Crippen molar-refractivity contribution in [3.8, 4) is 0 Å². The van der Waals surface area contributed by atoms with E-state index < -0.39 is 0 Å². The highest BCUT2D eigenvalue weighted by atomic mass is 14.1. The van der Waals surface area contributed by atoms with Gasteiger partial charge >= 0.3 is 0 Å². The third-order valence-corrected chi connectivity index (χ3v) is 1.88. The highest BCUT2D eigenvalue weighted by Crippen LogP contribution is 2.17. The van der Waals surface area contributed by atoms with Crippen LogP contribution in [-0.4, -0.2) is 0 Å².